The van der Waals surface area contributed by atoms with Gasteiger partial charge in [-0.25, -0.2) is 24.0 Å². The Hall–Kier alpha value is -4.07. The first-order chi connectivity index (χ1) is 18.3. The van der Waals surface area contributed by atoms with Crippen LogP contribution in [0.5, 0.6) is 0 Å². The molecule has 1 amide bonds. The molecule has 0 bridgehead atoms. The summed E-state index contributed by atoms with van der Waals surface area (Å²) in [5.41, 5.74) is 2.19. The molecule has 0 spiro atoms. The molecule has 39 heavy (non-hydrogen) atoms. The van der Waals surface area contributed by atoms with E-state index in [1.807, 2.05) is 0 Å². The SMILES string of the molecule is CC(C)(C)OC(=O)N(NC1CCN(c2ccc([N+](=O)[O-])cc2F)C1)[C@@H]1CCN(c2ccc([N+](=O)[O-])cc2F)C1. The Bertz CT molecular complexity index is 1270. The van der Waals surface area contributed by atoms with E-state index in [2.05, 4.69) is 5.43 Å². The second-order valence-electron chi connectivity index (χ2n) is 10.6. The summed E-state index contributed by atoms with van der Waals surface area (Å²) < 4.78 is 34.9. The van der Waals surface area contributed by atoms with Gasteiger partial charge >= 0.3 is 6.09 Å². The summed E-state index contributed by atoms with van der Waals surface area (Å²) in [6, 6.07) is 6.29. The van der Waals surface area contributed by atoms with E-state index in [1.165, 1.54) is 29.3 Å². The number of non-ortho nitro benzene ring substituents is 2. The number of hydrogen-bond acceptors (Lipinski definition) is 9. The molecule has 2 aliphatic rings. The molecule has 2 aromatic rings. The molecule has 2 heterocycles. The number of amides is 1. The van der Waals surface area contributed by atoms with Crippen molar-refractivity contribution in [3.8, 4) is 0 Å². The Morgan fingerprint density at radius 2 is 1.46 bits per heavy atom. The van der Waals surface area contributed by atoms with Gasteiger partial charge in [-0.3, -0.25) is 20.2 Å². The van der Waals surface area contributed by atoms with Gasteiger partial charge < -0.3 is 14.5 Å². The van der Waals surface area contributed by atoms with Crippen LogP contribution in [0.3, 0.4) is 0 Å². The minimum Gasteiger partial charge on any atom is -0.443 e. The quantitative estimate of drug-likeness (QED) is 0.395. The fourth-order valence-corrected chi connectivity index (χ4v) is 4.80. The zero-order chi connectivity index (χ0) is 28.5. The van der Waals surface area contributed by atoms with E-state index < -0.39 is 39.2 Å². The van der Waals surface area contributed by atoms with Crippen LogP contribution in [0.4, 0.5) is 36.3 Å². The van der Waals surface area contributed by atoms with Crippen molar-refractivity contribution in [2.75, 3.05) is 36.0 Å². The van der Waals surface area contributed by atoms with Crippen LogP contribution in [-0.2, 0) is 4.74 Å². The molecule has 2 aliphatic heterocycles. The Balaban J connectivity index is 1.48. The lowest BCUT2D eigenvalue weighted by Gasteiger charge is -2.34. The first-order valence-corrected chi connectivity index (χ1v) is 12.5. The van der Waals surface area contributed by atoms with Crippen molar-refractivity contribution in [1.29, 1.82) is 0 Å². The van der Waals surface area contributed by atoms with Crippen molar-refractivity contribution in [2.45, 2.75) is 51.3 Å². The molecule has 12 nitrogen and oxygen atoms in total. The van der Waals surface area contributed by atoms with Crippen LogP contribution in [0.2, 0.25) is 0 Å². The molecule has 0 saturated carbocycles. The number of anilines is 2. The van der Waals surface area contributed by atoms with Gasteiger partial charge in [-0.15, -0.1) is 0 Å². The maximum Gasteiger partial charge on any atom is 0.425 e. The van der Waals surface area contributed by atoms with E-state index in [-0.39, 0.29) is 35.3 Å². The molecule has 14 heteroatoms. The highest BCUT2D eigenvalue weighted by molar-refractivity contribution is 5.68. The van der Waals surface area contributed by atoms with Crippen molar-refractivity contribution in [2.24, 2.45) is 0 Å². The van der Waals surface area contributed by atoms with Crippen LogP contribution in [0.15, 0.2) is 36.4 Å². The third kappa shape index (κ3) is 6.50. The van der Waals surface area contributed by atoms with Gasteiger partial charge in [0.05, 0.1) is 39.4 Å². The number of hydrazine groups is 1. The Kier molecular flexibility index (Phi) is 7.86. The van der Waals surface area contributed by atoms with Gasteiger partial charge in [0.1, 0.15) is 5.60 Å². The van der Waals surface area contributed by atoms with Gasteiger partial charge in [-0.05, 0) is 45.7 Å². The van der Waals surface area contributed by atoms with Crippen LogP contribution in [0, 0.1) is 31.9 Å². The fraction of sp³-hybridized carbons (Fsp3) is 0.480. The van der Waals surface area contributed by atoms with E-state index >= 15 is 0 Å². The van der Waals surface area contributed by atoms with Crippen LogP contribution in [-0.4, -0.2) is 64.8 Å². The van der Waals surface area contributed by atoms with E-state index in [9.17, 15) is 33.8 Å². The lowest BCUT2D eigenvalue weighted by Crippen LogP contribution is -2.56. The molecular formula is C25H30F2N6O6. The molecule has 1 unspecified atom stereocenters. The number of carbonyl (C=O) groups is 1. The van der Waals surface area contributed by atoms with E-state index in [0.29, 0.717) is 32.5 Å². The van der Waals surface area contributed by atoms with Gasteiger partial charge in [-0.1, -0.05) is 0 Å². The summed E-state index contributed by atoms with van der Waals surface area (Å²) in [4.78, 5) is 37.2. The van der Waals surface area contributed by atoms with Gasteiger partial charge in [0.15, 0.2) is 11.6 Å². The van der Waals surface area contributed by atoms with Crippen LogP contribution >= 0.6 is 0 Å². The van der Waals surface area contributed by atoms with Crippen molar-refractivity contribution < 1.29 is 28.2 Å². The highest BCUT2D eigenvalue weighted by atomic mass is 19.1. The number of nitrogens with zero attached hydrogens (tertiary/aromatic N) is 5. The number of nitro benzene ring substituents is 2. The topological polar surface area (TPSA) is 134 Å². The molecule has 2 atom stereocenters. The monoisotopic (exact) mass is 548 g/mol. The third-order valence-electron chi connectivity index (χ3n) is 6.59. The third-order valence-corrected chi connectivity index (χ3v) is 6.59. The summed E-state index contributed by atoms with van der Waals surface area (Å²) in [6.07, 6.45) is 0.428. The number of hydrogen-bond donors (Lipinski definition) is 1. The maximum atomic E-state index is 14.7. The highest BCUT2D eigenvalue weighted by Crippen LogP contribution is 2.30. The number of carbonyl (C=O) groups excluding carboxylic acids is 1. The highest BCUT2D eigenvalue weighted by Gasteiger charge is 2.37. The van der Waals surface area contributed by atoms with Crippen molar-refractivity contribution in [1.82, 2.24) is 10.4 Å². The maximum absolute atomic E-state index is 14.7. The molecule has 0 radical (unpaired) electrons. The predicted molar refractivity (Wildman–Crippen MR) is 139 cm³/mol. The van der Waals surface area contributed by atoms with E-state index in [0.717, 1.165) is 12.1 Å². The number of halogens is 2. The molecule has 2 aromatic carbocycles. The number of nitrogens with one attached hydrogen (secondary N) is 1. The average Bonchev–Trinajstić information content (AvgIpc) is 3.51. The Morgan fingerprint density at radius 1 is 0.949 bits per heavy atom. The molecule has 4 rings (SSSR count). The van der Waals surface area contributed by atoms with Crippen LogP contribution in [0.25, 0.3) is 0 Å². The number of nitro groups is 2. The lowest BCUT2D eigenvalue weighted by molar-refractivity contribution is -0.385. The van der Waals surface area contributed by atoms with E-state index in [4.69, 9.17) is 4.74 Å². The summed E-state index contributed by atoms with van der Waals surface area (Å²) in [6.45, 7) is 6.68. The average molecular weight is 549 g/mol. The normalized spacial score (nSPS) is 19.3. The molecule has 1 N–H and O–H groups in total. The second kappa shape index (κ2) is 11.0. The minimum absolute atomic E-state index is 0.202. The Morgan fingerprint density at radius 3 is 1.95 bits per heavy atom. The number of benzene rings is 2. The van der Waals surface area contributed by atoms with Crippen LogP contribution < -0.4 is 15.2 Å². The molecule has 0 aromatic heterocycles. The zero-order valence-electron chi connectivity index (χ0n) is 21.8. The van der Waals surface area contributed by atoms with E-state index in [1.54, 1.807) is 30.6 Å². The molecule has 0 aliphatic carbocycles. The first kappa shape index (κ1) is 28.0. The molecule has 2 fully saturated rings. The standard InChI is InChI=1S/C25H30F2N6O6/c1-25(2,3)39-24(34)31(19-9-11-30(15-19)23-7-5-18(33(37)38)13-21(23)27)28-16-8-10-29(14-16)22-6-4-17(32(35)36)12-20(22)26/h4-7,12-13,16,19,28H,8-11,14-15H2,1-3H3/t16?,19-/m1/s1. The van der Waals surface area contributed by atoms with Gasteiger partial charge in [0.25, 0.3) is 11.4 Å². The largest absolute Gasteiger partial charge is 0.443 e. The summed E-state index contributed by atoms with van der Waals surface area (Å²) >= 11 is 0. The lowest BCUT2D eigenvalue weighted by atomic mass is 10.2. The summed E-state index contributed by atoms with van der Waals surface area (Å²) in [5, 5.41) is 23.3. The zero-order valence-corrected chi connectivity index (χ0v) is 21.8. The minimum atomic E-state index is -0.774. The van der Waals surface area contributed by atoms with Crippen LogP contribution in [0.1, 0.15) is 33.6 Å². The molecule has 210 valence electrons. The number of rotatable bonds is 7. The molecular weight excluding hydrogens is 518 g/mol. The smallest absolute Gasteiger partial charge is 0.425 e. The summed E-state index contributed by atoms with van der Waals surface area (Å²) in [7, 11) is 0. The van der Waals surface area contributed by atoms with Gasteiger partial charge in [0, 0.05) is 44.4 Å². The van der Waals surface area contributed by atoms with Gasteiger partial charge in [0.2, 0.25) is 0 Å². The first-order valence-electron chi connectivity index (χ1n) is 12.5. The van der Waals surface area contributed by atoms with Crippen molar-refractivity contribution in [3.05, 3.63) is 68.3 Å². The van der Waals surface area contributed by atoms with Crippen molar-refractivity contribution >= 4 is 28.8 Å². The van der Waals surface area contributed by atoms with Gasteiger partial charge in [-0.2, -0.15) is 0 Å². The second-order valence-corrected chi connectivity index (χ2v) is 10.6. The molecule has 2 saturated heterocycles. The van der Waals surface area contributed by atoms with Crippen molar-refractivity contribution in [3.63, 3.8) is 0 Å². The fourth-order valence-electron chi connectivity index (χ4n) is 4.80. The predicted octanol–water partition coefficient (Wildman–Crippen LogP) is 4.38. The summed E-state index contributed by atoms with van der Waals surface area (Å²) in [5.74, 6) is -1.43. The number of ether oxygens (including phenoxy) is 1. The Labute approximate surface area is 223 Å².